The van der Waals surface area contributed by atoms with Gasteiger partial charge in [-0.3, -0.25) is 18.8 Å². The lowest BCUT2D eigenvalue weighted by atomic mass is 9.96. The van der Waals surface area contributed by atoms with Gasteiger partial charge in [0.2, 0.25) is 0 Å². The number of thioether (sulfide) groups is 1. The maximum atomic E-state index is 13.4. The molecule has 0 saturated heterocycles. The van der Waals surface area contributed by atoms with Crippen molar-refractivity contribution < 1.29 is 9.53 Å². The number of aryl methyl sites for hydroxylation is 1. The van der Waals surface area contributed by atoms with E-state index in [0.29, 0.717) is 35.0 Å². The molecule has 0 radical (unpaired) electrons. The lowest BCUT2D eigenvalue weighted by molar-refractivity contribution is 0.0576. The van der Waals surface area contributed by atoms with Crippen molar-refractivity contribution in [2.45, 2.75) is 44.0 Å². The zero-order chi connectivity index (χ0) is 23.2. The number of anilines is 1. The molecule has 0 N–H and O–H groups in total. The fourth-order valence-corrected chi connectivity index (χ4v) is 4.26. The lowest BCUT2D eigenvalue weighted by Gasteiger charge is -2.35. The molecule has 9 nitrogen and oxygen atoms in total. The number of aromatic nitrogens is 4. The summed E-state index contributed by atoms with van der Waals surface area (Å²) in [6, 6.07) is 6.75. The van der Waals surface area contributed by atoms with E-state index >= 15 is 0 Å². The van der Waals surface area contributed by atoms with Crippen molar-refractivity contribution in [3.05, 3.63) is 56.9 Å². The first-order chi connectivity index (χ1) is 15.1. The van der Waals surface area contributed by atoms with E-state index in [1.165, 1.54) is 27.1 Å². The number of hydrogen-bond donors (Lipinski definition) is 0. The van der Waals surface area contributed by atoms with Gasteiger partial charge in [0.05, 0.1) is 11.7 Å². The Morgan fingerprint density at radius 3 is 2.62 bits per heavy atom. The molecule has 0 fully saturated rings. The molecular weight excluding hydrogens is 430 g/mol. The number of hydrogen-bond acceptors (Lipinski definition) is 7. The minimum atomic E-state index is -0.635. The molecule has 4 rings (SSSR count). The van der Waals surface area contributed by atoms with Crippen molar-refractivity contribution >= 4 is 34.6 Å². The van der Waals surface area contributed by atoms with Gasteiger partial charge in [0, 0.05) is 19.8 Å². The number of nitrogens with zero attached hydrogens (tertiary/aromatic N) is 5. The van der Waals surface area contributed by atoms with Gasteiger partial charge in [-0.05, 0) is 45.1 Å². The number of benzene rings is 1. The summed E-state index contributed by atoms with van der Waals surface area (Å²) in [4.78, 5) is 49.5. The number of ether oxygens (including phenoxy) is 1. The summed E-state index contributed by atoms with van der Waals surface area (Å²) in [6.07, 6.45) is 3.23. The predicted octanol–water partition coefficient (Wildman–Crippen LogP) is 2.95. The van der Waals surface area contributed by atoms with Crippen LogP contribution in [0.1, 0.15) is 38.8 Å². The van der Waals surface area contributed by atoms with Gasteiger partial charge < -0.3 is 4.74 Å². The van der Waals surface area contributed by atoms with Gasteiger partial charge in [-0.2, -0.15) is 0 Å². The molecule has 0 aliphatic carbocycles. The van der Waals surface area contributed by atoms with Crippen LogP contribution in [-0.2, 0) is 11.8 Å². The first-order valence-electron chi connectivity index (χ1n) is 10.2. The summed E-state index contributed by atoms with van der Waals surface area (Å²) in [5.74, 6) is 0. The summed E-state index contributed by atoms with van der Waals surface area (Å²) in [7, 11) is 1.60. The Morgan fingerprint density at radius 2 is 1.94 bits per heavy atom. The molecule has 3 aromatic rings. The van der Waals surface area contributed by atoms with Crippen molar-refractivity contribution in [3.63, 3.8) is 0 Å². The average Bonchev–Trinajstić information content (AvgIpc) is 2.76. The van der Waals surface area contributed by atoms with Crippen LogP contribution in [0.15, 0.2) is 45.2 Å². The Balaban J connectivity index is 1.86. The lowest BCUT2D eigenvalue weighted by Crippen LogP contribution is -2.47. The fourth-order valence-electron chi connectivity index (χ4n) is 3.92. The summed E-state index contributed by atoms with van der Waals surface area (Å²) in [5, 5.41) is 0.762. The van der Waals surface area contributed by atoms with Gasteiger partial charge in [-0.25, -0.2) is 19.6 Å². The van der Waals surface area contributed by atoms with E-state index in [2.05, 4.69) is 9.97 Å². The summed E-state index contributed by atoms with van der Waals surface area (Å²) in [5.41, 5.74) is 0.102. The number of carbonyl (C=O) groups is 1. The standard InChI is InChI=1S/C22H25N5O4S/c1-22(2,3)31-21(30)26-11-10-16(13-8-6-7-9-15(13)26)27-18(28)14-12-23-19(32-5)24-17(14)25(4)20(27)29/h6-9,12,16H,10-11H2,1-5H3. The van der Waals surface area contributed by atoms with E-state index in [1.54, 1.807) is 18.0 Å². The number of rotatable bonds is 2. The van der Waals surface area contributed by atoms with Crippen LogP contribution in [0.2, 0.25) is 0 Å². The first-order valence-corrected chi connectivity index (χ1v) is 11.5. The average molecular weight is 456 g/mol. The molecule has 1 aliphatic heterocycles. The molecule has 1 unspecified atom stereocenters. The van der Waals surface area contributed by atoms with E-state index in [-0.39, 0.29) is 5.39 Å². The monoisotopic (exact) mass is 455 g/mol. The third kappa shape index (κ3) is 3.79. The second-order valence-corrected chi connectivity index (χ2v) is 9.38. The zero-order valence-electron chi connectivity index (χ0n) is 18.7. The molecular formula is C22H25N5O4S. The normalized spacial score (nSPS) is 16.2. The smallest absolute Gasteiger partial charge is 0.414 e. The molecule has 0 spiro atoms. The minimum absolute atomic E-state index is 0.275. The summed E-state index contributed by atoms with van der Waals surface area (Å²) < 4.78 is 8.18. The van der Waals surface area contributed by atoms with Gasteiger partial charge in [0.25, 0.3) is 5.56 Å². The first kappa shape index (κ1) is 22.1. The molecule has 1 aliphatic rings. The predicted molar refractivity (Wildman–Crippen MR) is 124 cm³/mol. The van der Waals surface area contributed by atoms with E-state index in [1.807, 2.05) is 45.2 Å². The van der Waals surface area contributed by atoms with Crippen LogP contribution in [0.5, 0.6) is 0 Å². The Hall–Kier alpha value is -3.14. The molecule has 10 heteroatoms. The second kappa shape index (κ2) is 8.09. The van der Waals surface area contributed by atoms with Gasteiger partial charge in [0.1, 0.15) is 11.0 Å². The van der Waals surface area contributed by atoms with Crippen molar-refractivity contribution in [1.82, 2.24) is 19.1 Å². The highest BCUT2D eigenvalue weighted by Gasteiger charge is 2.34. The van der Waals surface area contributed by atoms with Crippen LogP contribution in [0.3, 0.4) is 0 Å². The van der Waals surface area contributed by atoms with Crippen LogP contribution >= 0.6 is 11.8 Å². The van der Waals surface area contributed by atoms with Crippen LogP contribution in [0.4, 0.5) is 10.5 Å². The number of fused-ring (bicyclic) bond motifs is 2. The van der Waals surface area contributed by atoms with E-state index in [0.717, 1.165) is 0 Å². The molecule has 32 heavy (non-hydrogen) atoms. The van der Waals surface area contributed by atoms with Crippen LogP contribution in [0.25, 0.3) is 11.0 Å². The van der Waals surface area contributed by atoms with Crippen LogP contribution < -0.4 is 16.1 Å². The molecule has 1 amide bonds. The molecule has 168 valence electrons. The van der Waals surface area contributed by atoms with Crippen LogP contribution in [0, 0.1) is 0 Å². The quantitative estimate of drug-likeness (QED) is 0.433. The third-order valence-electron chi connectivity index (χ3n) is 5.33. The molecule has 1 atom stereocenters. The van der Waals surface area contributed by atoms with Gasteiger partial charge in [0.15, 0.2) is 10.8 Å². The van der Waals surface area contributed by atoms with Gasteiger partial charge in [-0.15, -0.1) is 0 Å². The molecule has 2 aromatic heterocycles. The Morgan fingerprint density at radius 1 is 1.22 bits per heavy atom. The van der Waals surface area contributed by atoms with E-state index in [9.17, 15) is 14.4 Å². The molecule has 0 saturated carbocycles. The summed E-state index contributed by atoms with van der Waals surface area (Å²) >= 11 is 1.34. The Kier molecular flexibility index (Phi) is 5.58. The zero-order valence-corrected chi connectivity index (χ0v) is 19.5. The SMILES string of the molecule is CSc1ncc2c(=O)n(C3CCN(C(=O)OC(C)(C)C)c4ccccc43)c(=O)n(C)c2n1. The molecule has 3 heterocycles. The van der Waals surface area contributed by atoms with Crippen molar-refractivity contribution in [2.75, 3.05) is 17.7 Å². The van der Waals surface area contributed by atoms with E-state index < -0.39 is 29.0 Å². The Labute approximate surface area is 189 Å². The summed E-state index contributed by atoms with van der Waals surface area (Å²) in [6.45, 7) is 5.75. The maximum Gasteiger partial charge on any atom is 0.414 e. The number of carbonyl (C=O) groups excluding carboxylic acids is 1. The molecule has 1 aromatic carbocycles. The Bertz CT molecular complexity index is 1320. The number of para-hydroxylation sites is 1. The highest BCUT2D eigenvalue weighted by molar-refractivity contribution is 7.98. The molecule has 0 bridgehead atoms. The highest BCUT2D eigenvalue weighted by atomic mass is 32.2. The second-order valence-electron chi connectivity index (χ2n) is 8.61. The van der Waals surface area contributed by atoms with E-state index in [4.69, 9.17) is 4.74 Å². The third-order valence-corrected chi connectivity index (χ3v) is 5.89. The van der Waals surface area contributed by atoms with Crippen LogP contribution in [-0.4, -0.2) is 43.6 Å². The largest absolute Gasteiger partial charge is 0.443 e. The van der Waals surface area contributed by atoms with Crippen molar-refractivity contribution in [1.29, 1.82) is 0 Å². The number of amides is 1. The van der Waals surface area contributed by atoms with Crippen molar-refractivity contribution in [2.24, 2.45) is 7.05 Å². The minimum Gasteiger partial charge on any atom is -0.443 e. The van der Waals surface area contributed by atoms with Crippen molar-refractivity contribution in [3.8, 4) is 0 Å². The fraction of sp³-hybridized carbons (Fsp3) is 0.409. The highest BCUT2D eigenvalue weighted by Crippen LogP contribution is 2.36. The maximum absolute atomic E-state index is 13.4. The van der Waals surface area contributed by atoms with Gasteiger partial charge >= 0.3 is 11.8 Å². The topological polar surface area (TPSA) is 99.3 Å². The van der Waals surface area contributed by atoms with Gasteiger partial charge in [-0.1, -0.05) is 30.0 Å².